The third-order valence-corrected chi connectivity index (χ3v) is 6.21. The Kier molecular flexibility index (Phi) is 4.60. The first kappa shape index (κ1) is 18.3. The summed E-state index contributed by atoms with van der Waals surface area (Å²) in [6.45, 7) is 7.07. The van der Waals surface area contributed by atoms with E-state index in [1.165, 1.54) is 0 Å². The van der Waals surface area contributed by atoms with Crippen molar-refractivity contribution in [3.63, 3.8) is 0 Å². The highest BCUT2D eigenvalue weighted by molar-refractivity contribution is 6.16. The van der Waals surface area contributed by atoms with E-state index in [9.17, 15) is 4.79 Å². The molecule has 8 nitrogen and oxygen atoms in total. The summed E-state index contributed by atoms with van der Waals surface area (Å²) in [5.41, 5.74) is 2.45. The summed E-state index contributed by atoms with van der Waals surface area (Å²) in [5.74, 6) is 0.964. The van der Waals surface area contributed by atoms with Gasteiger partial charge in [0.25, 0.3) is 5.91 Å². The van der Waals surface area contributed by atoms with E-state index in [-0.39, 0.29) is 5.91 Å². The van der Waals surface area contributed by atoms with Crippen molar-refractivity contribution in [2.75, 3.05) is 71.4 Å². The van der Waals surface area contributed by atoms with E-state index >= 15 is 0 Å². The predicted molar refractivity (Wildman–Crippen MR) is 114 cm³/mol. The number of hydrogen-bond acceptors (Lipinski definition) is 6. The molecule has 0 bridgehead atoms. The second-order valence-corrected chi connectivity index (χ2v) is 8.11. The zero-order valence-electron chi connectivity index (χ0n) is 17.1. The van der Waals surface area contributed by atoms with Crippen molar-refractivity contribution < 1.29 is 4.79 Å². The Bertz CT molecular complexity index is 1050. The van der Waals surface area contributed by atoms with Crippen LogP contribution in [0.3, 0.4) is 0 Å². The van der Waals surface area contributed by atoms with Crippen LogP contribution in [-0.2, 0) is 0 Å². The Balaban J connectivity index is 1.67. The molecular formula is C21H27N7O. The first-order valence-corrected chi connectivity index (χ1v) is 10.3. The molecule has 0 aromatic carbocycles. The van der Waals surface area contributed by atoms with Gasteiger partial charge in [-0.3, -0.25) is 4.79 Å². The molecule has 0 atom stereocenters. The van der Waals surface area contributed by atoms with Crippen molar-refractivity contribution in [2.24, 2.45) is 0 Å². The van der Waals surface area contributed by atoms with Crippen molar-refractivity contribution in [1.29, 1.82) is 0 Å². The van der Waals surface area contributed by atoms with Gasteiger partial charge in [0.1, 0.15) is 12.1 Å². The standard InChI is InChI=1S/C21H27N7O/c1-24-7-11-26(12-8-24)19-18-17(21(29)27-13-9-25(2)10-14-27)16-5-3-4-6-28(16)20(18)23-15-22-19/h3-6,15H,7-14H2,1-2H3. The lowest BCUT2D eigenvalue weighted by Gasteiger charge is -2.34. The average Bonchev–Trinajstić information content (AvgIpc) is 3.09. The highest BCUT2D eigenvalue weighted by Gasteiger charge is 2.29. The highest BCUT2D eigenvalue weighted by Crippen LogP contribution is 2.33. The number of anilines is 1. The van der Waals surface area contributed by atoms with Crippen LogP contribution in [0.15, 0.2) is 30.7 Å². The van der Waals surface area contributed by atoms with E-state index in [1.807, 2.05) is 33.7 Å². The monoisotopic (exact) mass is 393 g/mol. The maximum absolute atomic E-state index is 13.7. The maximum atomic E-state index is 13.7. The molecule has 2 aliphatic rings. The van der Waals surface area contributed by atoms with Crippen molar-refractivity contribution in [1.82, 2.24) is 29.1 Å². The minimum atomic E-state index is 0.0852. The molecule has 0 saturated carbocycles. The molecule has 8 heteroatoms. The fraction of sp³-hybridized carbons (Fsp3) is 0.476. The van der Waals surface area contributed by atoms with Gasteiger partial charge in [-0.15, -0.1) is 0 Å². The molecule has 2 saturated heterocycles. The van der Waals surface area contributed by atoms with Gasteiger partial charge in [-0.2, -0.15) is 0 Å². The lowest BCUT2D eigenvalue weighted by Crippen LogP contribution is -2.47. The summed E-state index contributed by atoms with van der Waals surface area (Å²) in [7, 11) is 4.24. The number of carbonyl (C=O) groups excluding carboxylic acids is 1. The third-order valence-electron chi connectivity index (χ3n) is 6.21. The summed E-state index contributed by atoms with van der Waals surface area (Å²) in [4.78, 5) is 31.8. The number of hydrogen-bond donors (Lipinski definition) is 0. The third kappa shape index (κ3) is 3.12. The number of carbonyl (C=O) groups is 1. The lowest BCUT2D eigenvalue weighted by molar-refractivity contribution is 0.0668. The van der Waals surface area contributed by atoms with Gasteiger partial charge in [0.05, 0.1) is 16.5 Å². The highest BCUT2D eigenvalue weighted by atomic mass is 16.2. The van der Waals surface area contributed by atoms with Gasteiger partial charge in [0, 0.05) is 58.6 Å². The Morgan fingerprint density at radius 2 is 1.59 bits per heavy atom. The summed E-state index contributed by atoms with van der Waals surface area (Å²) in [6, 6.07) is 5.98. The van der Waals surface area contributed by atoms with Crippen molar-refractivity contribution in [3.05, 3.63) is 36.3 Å². The van der Waals surface area contributed by atoms with Gasteiger partial charge in [-0.05, 0) is 26.2 Å². The Morgan fingerprint density at radius 1 is 0.897 bits per heavy atom. The minimum Gasteiger partial charge on any atom is -0.353 e. The second-order valence-electron chi connectivity index (χ2n) is 8.11. The van der Waals surface area contributed by atoms with Gasteiger partial charge in [-0.25, -0.2) is 9.97 Å². The number of nitrogens with zero attached hydrogens (tertiary/aromatic N) is 7. The first-order chi connectivity index (χ1) is 14.1. The van der Waals surface area contributed by atoms with Crippen LogP contribution in [0.5, 0.6) is 0 Å². The molecule has 1 amide bonds. The first-order valence-electron chi connectivity index (χ1n) is 10.3. The number of amides is 1. The number of piperazine rings is 2. The van der Waals surface area contributed by atoms with Crippen molar-refractivity contribution in [2.45, 2.75) is 0 Å². The van der Waals surface area contributed by atoms with E-state index in [0.717, 1.165) is 80.3 Å². The van der Waals surface area contributed by atoms with Crippen LogP contribution in [0.4, 0.5) is 5.82 Å². The maximum Gasteiger partial charge on any atom is 0.256 e. The van der Waals surface area contributed by atoms with Gasteiger partial charge in [0.15, 0.2) is 5.65 Å². The van der Waals surface area contributed by atoms with E-state index in [0.29, 0.717) is 0 Å². The minimum absolute atomic E-state index is 0.0852. The number of pyridine rings is 1. The van der Waals surface area contributed by atoms with Gasteiger partial charge in [0.2, 0.25) is 0 Å². The zero-order chi connectivity index (χ0) is 20.0. The largest absolute Gasteiger partial charge is 0.353 e. The second kappa shape index (κ2) is 7.27. The molecule has 152 valence electrons. The van der Waals surface area contributed by atoms with Crippen LogP contribution in [0.2, 0.25) is 0 Å². The van der Waals surface area contributed by atoms with E-state index < -0.39 is 0 Å². The molecule has 0 aliphatic carbocycles. The molecular weight excluding hydrogens is 366 g/mol. The molecule has 0 unspecified atom stereocenters. The molecule has 3 aromatic heterocycles. The van der Waals surface area contributed by atoms with Gasteiger partial charge >= 0.3 is 0 Å². The average molecular weight is 393 g/mol. The molecule has 3 aromatic rings. The molecule has 29 heavy (non-hydrogen) atoms. The van der Waals surface area contributed by atoms with Crippen LogP contribution in [0.1, 0.15) is 10.4 Å². The van der Waals surface area contributed by atoms with Crippen molar-refractivity contribution in [3.8, 4) is 0 Å². The lowest BCUT2D eigenvalue weighted by atomic mass is 10.1. The van der Waals surface area contributed by atoms with Gasteiger partial charge in [-0.1, -0.05) is 6.07 Å². The smallest absolute Gasteiger partial charge is 0.256 e. The molecule has 0 N–H and O–H groups in total. The van der Waals surface area contributed by atoms with E-state index in [4.69, 9.17) is 0 Å². The Labute approximate surface area is 170 Å². The SMILES string of the molecule is CN1CCN(C(=O)c2c3c(N4CCN(C)CC4)ncnc3n3ccccc23)CC1. The Hall–Kier alpha value is -2.71. The molecule has 2 aliphatic heterocycles. The van der Waals surface area contributed by atoms with E-state index in [1.54, 1.807) is 6.33 Å². The number of rotatable bonds is 2. The van der Waals surface area contributed by atoms with Crippen LogP contribution in [-0.4, -0.2) is 101 Å². The number of likely N-dealkylation sites (N-methyl/N-ethyl adjacent to an activating group) is 2. The molecule has 2 fully saturated rings. The van der Waals surface area contributed by atoms with Crippen LogP contribution < -0.4 is 4.90 Å². The summed E-state index contributed by atoms with van der Waals surface area (Å²) < 4.78 is 2.03. The Morgan fingerprint density at radius 3 is 2.31 bits per heavy atom. The quantitative estimate of drug-likeness (QED) is 0.648. The summed E-state index contributed by atoms with van der Waals surface area (Å²) >= 11 is 0. The van der Waals surface area contributed by atoms with Crippen LogP contribution >= 0.6 is 0 Å². The predicted octanol–water partition coefficient (Wildman–Crippen LogP) is 1.02. The van der Waals surface area contributed by atoms with Crippen LogP contribution in [0, 0.1) is 0 Å². The topological polar surface area (TPSA) is 60.2 Å². The van der Waals surface area contributed by atoms with Crippen LogP contribution in [0.25, 0.3) is 16.6 Å². The molecule has 5 heterocycles. The fourth-order valence-corrected chi connectivity index (χ4v) is 4.38. The summed E-state index contributed by atoms with van der Waals surface area (Å²) in [5, 5.41) is 0.882. The normalized spacial score (nSPS) is 19.4. The zero-order valence-corrected chi connectivity index (χ0v) is 17.1. The fourth-order valence-electron chi connectivity index (χ4n) is 4.38. The van der Waals surface area contributed by atoms with Gasteiger partial charge < -0.3 is 24.0 Å². The molecule has 5 rings (SSSR count). The number of aromatic nitrogens is 3. The van der Waals surface area contributed by atoms with E-state index in [2.05, 4.69) is 38.8 Å². The van der Waals surface area contributed by atoms with Crippen molar-refractivity contribution >= 4 is 28.3 Å². The molecule has 0 radical (unpaired) electrons. The molecule has 0 spiro atoms. The number of fused-ring (bicyclic) bond motifs is 3. The summed E-state index contributed by atoms with van der Waals surface area (Å²) in [6.07, 6.45) is 3.61.